The van der Waals surface area contributed by atoms with E-state index in [-0.39, 0.29) is 0 Å². The van der Waals surface area contributed by atoms with E-state index in [0.29, 0.717) is 23.4 Å². The van der Waals surface area contributed by atoms with Crippen molar-refractivity contribution in [1.29, 1.82) is 0 Å². The summed E-state index contributed by atoms with van der Waals surface area (Å²) in [4.78, 5) is 2.74. The molecule has 3 fully saturated rings. The maximum absolute atomic E-state index is 2.74. The second-order valence-electron chi connectivity index (χ2n) is 4.63. The van der Waals surface area contributed by atoms with Gasteiger partial charge in [0.2, 0.25) is 5.87 Å². The van der Waals surface area contributed by atoms with Crippen molar-refractivity contribution >= 4 is 29.3 Å². The molecular formula is C9H21BNP3. The molecule has 1 nitrogen and oxygen atoms in total. The third-order valence-corrected chi connectivity index (χ3v) is 15.7. The molecule has 3 aliphatic heterocycles. The Kier molecular flexibility index (Phi) is 4.29. The smallest absolute Gasteiger partial charge is 0.228 e. The van der Waals surface area contributed by atoms with E-state index >= 15 is 0 Å². The molecule has 3 unspecified atom stereocenters. The molecular weight excluding hydrogens is 226 g/mol. The Balaban J connectivity index is 2.17. The first-order valence-electron chi connectivity index (χ1n) is 5.51. The average molecular weight is 247 g/mol. The summed E-state index contributed by atoms with van der Waals surface area (Å²) in [7, 11) is 1.09. The van der Waals surface area contributed by atoms with Gasteiger partial charge in [0.1, 0.15) is 0 Å². The highest BCUT2D eigenvalue weighted by Gasteiger charge is 2.36. The van der Waals surface area contributed by atoms with Gasteiger partial charge in [0.25, 0.3) is 0 Å². The predicted octanol–water partition coefficient (Wildman–Crippen LogP) is 2.64. The highest BCUT2D eigenvalue weighted by molar-refractivity contribution is 8.41. The molecule has 0 N–H and O–H groups in total. The minimum Gasteiger partial charge on any atom is -0.302 e. The first-order chi connectivity index (χ1) is 6.68. The normalized spacial score (nSPS) is 44.4. The van der Waals surface area contributed by atoms with Crippen LogP contribution in [0, 0.1) is 0 Å². The van der Waals surface area contributed by atoms with Crippen LogP contribution in [0.25, 0.3) is 0 Å². The van der Waals surface area contributed by atoms with Gasteiger partial charge >= 0.3 is 0 Å². The first kappa shape index (κ1) is 11.8. The second-order valence-corrected chi connectivity index (χ2v) is 13.3. The number of rotatable bonds is 0. The quantitative estimate of drug-likeness (QED) is 0.469. The summed E-state index contributed by atoms with van der Waals surface area (Å²) < 4.78 is 0. The topological polar surface area (TPSA) is 3.24 Å². The van der Waals surface area contributed by atoms with Gasteiger partial charge in [-0.3, -0.25) is 0 Å². The molecule has 14 heavy (non-hydrogen) atoms. The van der Waals surface area contributed by atoms with Crippen LogP contribution in [-0.4, -0.2) is 68.9 Å². The summed E-state index contributed by atoms with van der Waals surface area (Å²) in [6.45, 7) is 12.0. The highest BCUT2D eigenvalue weighted by atomic mass is 31.2. The van der Waals surface area contributed by atoms with E-state index in [0.717, 1.165) is 0 Å². The van der Waals surface area contributed by atoms with Crippen LogP contribution in [0.15, 0.2) is 0 Å². The van der Waals surface area contributed by atoms with Crippen molar-refractivity contribution in [3.8, 4) is 0 Å². The fourth-order valence-electron chi connectivity index (χ4n) is 2.59. The third-order valence-electron chi connectivity index (χ3n) is 3.49. The fourth-order valence-corrected chi connectivity index (χ4v) is 15.2. The highest BCUT2D eigenvalue weighted by Crippen LogP contribution is 2.65. The molecule has 0 saturated carbocycles. The second kappa shape index (κ2) is 5.10. The van der Waals surface area contributed by atoms with Crippen LogP contribution < -0.4 is 0 Å². The zero-order chi connectivity index (χ0) is 10.1. The molecule has 3 heterocycles. The van der Waals surface area contributed by atoms with E-state index in [1.54, 1.807) is 0 Å². The summed E-state index contributed by atoms with van der Waals surface area (Å²) in [5.41, 5.74) is 0. The molecule has 0 aromatic carbocycles. The van der Waals surface area contributed by atoms with Gasteiger partial charge in [0, 0.05) is 19.6 Å². The zero-order valence-electron chi connectivity index (χ0n) is 9.61. The molecule has 3 saturated heterocycles. The van der Waals surface area contributed by atoms with Gasteiger partial charge in [0.05, 0.1) is 0 Å². The Morgan fingerprint density at radius 2 is 1.14 bits per heavy atom. The lowest BCUT2D eigenvalue weighted by Gasteiger charge is -2.41. The lowest BCUT2D eigenvalue weighted by atomic mass is 10.5. The molecule has 0 amide bonds. The average Bonchev–Trinajstić information content (AvgIpc) is 2.11. The van der Waals surface area contributed by atoms with Crippen molar-refractivity contribution in [2.75, 3.05) is 58.1 Å². The summed E-state index contributed by atoms with van der Waals surface area (Å²) in [5.74, 6) is 1.19. The van der Waals surface area contributed by atoms with Gasteiger partial charge in [-0.05, 0) is 18.5 Å². The fraction of sp³-hybridized carbons (Fsp3) is 1.00. The van der Waals surface area contributed by atoms with Crippen LogP contribution in [-0.2, 0) is 0 Å². The number of hydrogen-bond acceptors (Lipinski definition) is 1. The van der Waals surface area contributed by atoms with Crippen LogP contribution in [0.1, 0.15) is 0 Å². The Labute approximate surface area is 92.6 Å². The van der Waals surface area contributed by atoms with E-state index in [1.807, 2.05) is 0 Å². The van der Waals surface area contributed by atoms with Crippen LogP contribution in [0.3, 0.4) is 0 Å². The van der Waals surface area contributed by atoms with Crippen LogP contribution in [0.5, 0.6) is 0 Å². The van der Waals surface area contributed by atoms with Gasteiger partial charge < -0.3 is 4.90 Å². The molecule has 0 aromatic rings. The van der Waals surface area contributed by atoms with E-state index in [2.05, 4.69) is 24.9 Å². The Morgan fingerprint density at radius 1 is 0.786 bits per heavy atom. The molecule has 3 rings (SSSR count). The molecule has 3 aliphatic rings. The lowest BCUT2D eigenvalue weighted by molar-refractivity contribution is 0.327. The minimum atomic E-state index is 0.363. The van der Waals surface area contributed by atoms with Crippen LogP contribution in [0.4, 0.5) is 0 Å². The summed E-state index contributed by atoms with van der Waals surface area (Å²) in [5, 5.41) is 0. The van der Waals surface area contributed by atoms with Crippen molar-refractivity contribution in [2.45, 2.75) is 0 Å². The van der Waals surface area contributed by atoms with Gasteiger partial charge in [-0.15, -0.1) is 23.4 Å². The minimum absolute atomic E-state index is 0.363. The monoisotopic (exact) mass is 247 g/mol. The Bertz CT molecular complexity index is 171. The van der Waals surface area contributed by atoms with Gasteiger partial charge in [-0.2, -0.15) is 0 Å². The van der Waals surface area contributed by atoms with Crippen molar-refractivity contribution in [3.05, 3.63) is 0 Å². The standard InChI is InChI=1S/C9H21BNP3/c1-12-7-4-11-5-8-13(2)10(12)14(3)9-6-11/h4-9H2,1-3H3. The first-order valence-corrected chi connectivity index (χ1v) is 11.6. The van der Waals surface area contributed by atoms with Crippen molar-refractivity contribution in [3.63, 3.8) is 0 Å². The summed E-state index contributed by atoms with van der Waals surface area (Å²) in [6.07, 6.45) is 4.58. The van der Waals surface area contributed by atoms with Crippen LogP contribution in [0.2, 0.25) is 0 Å². The summed E-state index contributed by atoms with van der Waals surface area (Å²) >= 11 is 0. The SMILES string of the molecule is CP1CCN2CCP(C)B1P(C)CC2. The van der Waals surface area contributed by atoms with E-state index in [4.69, 9.17) is 0 Å². The van der Waals surface area contributed by atoms with Gasteiger partial charge in [-0.25, -0.2) is 0 Å². The molecule has 80 valence electrons. The number of nitrogens with zero attached hydrogens (tertiary/aromatic N) is 1. The van der Waals surface area contributed by atoms with E-state index in [9.17, 15) is 0 Å². The molecule has 5 heteroatoms. The molecule has 2 bridgehead atoms. The van der Waals surface area contributed by atoms with E-state index in [1.165, 1.54) is 44.0 Å². The predicted molar refractivity (Wildman–Crippen MR) is 75.3 cm³/mol. The molecule has 0 aliphatic carbocycles. The summed E-state index contributed by atoms with van der Waals surface area (Å²) in [6, 6.07) is 0. The molecule has 0 radical (unpaired) electrons. The third kappa shape index (κ3) is 2.52. The number of hydrogen-bond donors (Lipinski definition) is 0. The van der Waals surface area contributed by atoms with Crippen molar-refractivity contribution in [1.82, 2.24) is 4.90 Å². The molecule has 3 atom stereocenters. The van der Waals surface area contributed by atoms with Crippen LogP contribution >= 0.6 is 23.4 Å². The van der Waals surface area contributed by atoms with E-state index < -0.39 is 0 Å². The maximum atomic E-state index is 2.74. The Morgan fingerprint density at radius 3 is 1.50 bits per heavy atom. The Hall–Kier alpha value is 1.31. The lowest BCUT2D eigenvalue weighted by Crippen LogP contribution is -2.38. The molecule has 0 aromatic heterocycles. The maximum Gasteiger partial charge on any atom is 0.228 e. The molecule has 0 spiro atoms. The van der Waals surface area contributed by atoms with Gasteiger partial charge in [-0.1, -0.05) is 20.0 Å². The van der Waals surface area contributed by atoms with Gasteiger partial charge in [0.15, 0.2) is 0 Å². The largest absolute Gasteiger partial charge is 0.302 e. The van der Waals surface area contributed by atoms with Crippen molar-refractivity contribution in [2.24, 2.45) is 0 Å². The zero-order valence-corrected chi connectivity index (χ0v) is 12.3. The van der Waals surface area contributed by atoms with Crippen molar-refractivity contribution < 1.29 is 0 Å². The number of fused-ring (bicyclic) bond motifs is 6.